The Morgan fingerprint density at radius 1 is 0.867 bits per heavy atom. The number of hydrogen-bond donors (Lipinski definition) is 0. The van der Waals surface area contributed by atoms with Crippen LogP contribution in [0.4, 0.5) is 10.1 Å². The molecule has 0 unspecified atom stereocenters. The van der Waals surface area contributed by atoms with E-state index in [9.17, 15) is 14.0 Å². The van der Waals surface area contributed by atoms with Crippen LogP contribution < -0.4 is 9.64 Å². The summed E-state index contributed by atoms with van der Waals surface area (Å²) in [5.41, 5.74) is 1.13. The highest BCUT2D eigenvalue weighted by Gasteiger charge is 2.41. The highest BCUT2D eigenvalue weighted by molar-refractivity contribution is 8.04. The van der Waals surface area contributed by atoms with Gasteiger partial charge in [0.05, 0.1) is 22.8 Å². The van der Waals surface area contributed by atoms with Gasteiger partial charge in [-0.25, -0.2) is 9.29 Å². The van der Waals surface area contributed by atoms with E-state index in [1.165, 1.54) is 36.0 Å². The Morgan fingerprint density at radius 3 is 2.23 bits per heavy atom. The lowest BCUT2D eigenvalue weighted by Gasteiger charge is -2.18. The second-order valence-electron chi connectivity index (χ2n) is 6.47. The lowest BCUT2D eigenvalue weighted by molar-refractivity contribution is -0.119. The summed E-state index contributed by atoms with van der Waals surface area (Å²) in [7, 11) is 0. The van der Waals surface area contributed by atoms with Gasteiger partial charge in [-0.3, -0.25) is 9.59 Å². The van der Waals surface area contributed by atoms with Gasteiger partial charge in [0, 0.05) is 4.90 Å². The first-order valence-electron chi connectivity index (χ1n) is 9.44. The number of benzene rings is 3. The molecule has 0 radical (unpaired) electrons. The average molecular weight is 419 g/mol. The fourth-order valence-electron chi connectivity index (χ4n) is 3.22. The van der Waals surface area contributed by atoms with E-state index in [4.69, 9.17) is 4.74 Å². The molecule has 150 valence electrons. The van der Waals surface area contributed by atoms with Gasteiger partial charge in [-0.1, -0.05) is 54.2 Å². The Hall–Kier alpha value is -3.38. The molecule has 0 aromatic heterocycles. The van der Waals surface area contributed by atoms with E-state index < -0.39 is 17.6 Å². The summed E-state index contributed by atoms with van der Waals surface area (Å²) < 4.78 is 19.1. The number of amides is 2. The summed E-state index contributed by atoms with van der Waals surface area (Å²) in [6, 6.07) is 21.9. The quantitative estimate of drug-likeness (QED) is 0.509. The maximum Gasteiger partial charge on any atom is 0.273 e. The predicted octanol–water partition coefficient (Wildman–Crippen LogP) is 5.30. The van der Waals surface area contributed by atoms with Gasteiger partial charge in [0.2, 0.25) is 0 Å². The molecule has 0 bridgehead atoms. The molecule has 2 amide bonds. The molecule has 1 heterocycles. The summed E-state index contributed by atoms with van der Waals surface area (Å²) >= 11 is 1.22. The molecule has 30 heavy (non-hydrogen) atoms. The third-order valence-corrected chi connectivity index (χ3v) is 5.63. The number of thioether (sulfide) groups is 1. The highest BCUT2D eigenvalue weighted by Crippen LogP contribution is 2.43. The number of para-hydroxylation sites is 2. The van der Waals surface area contributed by atoms with Crippen molar-refractivity contribution >= 4 is 34.8 Å². The third-order valence-electron chi connectivity index (χ3n) is 4.54. The van der Waals surface area contributed by atoms with Crippen LogP contribution in [0.5, 0.6) is 5.75 Å². The largest absolute Gasteiger partial charge is 0.492 e. The van der Waals surface area contributed by atoms with Gasteiger partial charge in [-0.2, -0.15) is 0 Å². The standard InChI is InChI=1S/C24H18FNO3S/c1-2-29-20-11-7-6-10-19(20)26-23(27)21(16-12-14-17(25)15-13-16)22(24(26)28)30-18-8-4-3-5-9-18/h3-15H,2H2,1H3. The summed E-state index contributed by atoms with van der Waals surface area (Å²) in [6.45, 7) is 2.24. The molecule has 0 saturated heterocycles. The Labute approximate surface area is 178 Å². The number of carbonyl (C=O) groups excluding carboxylic acids is 2. The number of hydrogen-bond acceptors (Lipinski definition) is 4. The second-order valence-corrected chi connectivity index (χ2v) is 7.56. The lowest BCUT2D eigenvalue weighted by Crippen LogP contribution is -2.31. The first-order chi connectivity index (χ1) is 14.6. The second kappa shape index (κ2) is 8.55. The van der Waals surface area contributed by atoms with E-state index in [0.717, 1.165) is 9.80 Å². The minimum Gasteiger partial charge on any atom is -0.492 e. The fourth-order valence-corrected chi connectivity index (χ4v) is 4.23. The number of nitrogens with zero attached hydrogens (tertiary/aromatic N) is 1. The average Bonchev–Trinajstić information content (AvgIpc) is 3.00. The van der Waals surface area contributed by atoms with Crippen molar-refractivity contribution in [2.45, 2.75) is 11.8 Å². The lowest BCUT2D eigenvalue weighted by atomic mass is 10.1. The van der Waals surface area contributed by atoms with Gasteiger partial charge in [0.15, 0.2) is 0 Å². The van der Waals surface area contributed by atoms with Crippen molar-refractivity contribution in [3.63, 3.8) is 0 Å². The molecular formula is C24H18FNO3S. The van der Waals surface area contributed by atoms with Crippen LogP contribution in [0.1, 0.15) is 12.5 Å². The molecule has 6 heteroatoms. The minimum absolute atomic E-state index is 0.250. The molecule has 1 aliphatic heterocycles. The fraction of sp³-hybridized carbons (Fsp3) is 0.0833. The number of anilines is 1. The molecule has 0 spiro atoms. The minimum atomic E-state index is -0.461. The number of carbonyl (C=O) groups is 2. The molecule has 1 aliphatic rings. The smallest absolute Gasteiger partial charge is 0.273 e. The number of rotatable bonds is 6. The maximum absolute atomic E-state index is 13.5. The highest BCUT2D eigenvalue weighted by atomic mass is 32.2. The van der Waals surface area contributed by atoms with Gasteiger partial charge in [0.25, 0.3) is 11.8 Å². The Morgan fingerprint density at radius 2 is 1.53 bits per heavy atom. The Bertz CT molecular complexity index is 1130. The summed E-state index contributed by atoms with van der Waals surface area (Å²) in [5.74, 6) is -0.851. The molecule has 0 saturated carbocycles. The summed E-state index contributed by atoms with van der Waals surface area (Å²) in [6.07, 6.45) is 0. The van der Waals surface area contributed by atoms with Crippen molar-refractivity contribution in [3.05, 3.63) is 95.1 Å². The Balaban J connectivity index is 1.83. The van der Waals surface area contributed by atoms with Gasteiger partial charge in [-0.15, -0.1) is 0 Å². The monoisotopic (exact) mass is 419 g/mol. The summed E-state index contributed by atoms with van der Waals surface area (Å²) in [4.78, 5) is 29.1. The van der Waals surface area contributed by atoms with Crippen LogP contribution in [-0.4, -0.2) is 18.4 Å². The van der Waals surface area contributed by atoms with Crippen LogP contribution >= 0.6 is 11.8 Å². The van der Waals surface area contributed by atoms with E-state index in [2.05, 4.69) is 0 Å². The maximum atomic E-state index is 13.5. The van der Waals surface area contributed by atoms with Crippen LogP contribution in [0.25, 0.3) is 5.57 Å². The Kier molecular flexibility index (Phi) is 5.68. The molecule has 0 atom stereocenters. The van der Waals surface area contributed by atoms with E-state index in [-0.39, 0.29) is 5.57 Å². The van der Waals surface area contributed by atoms with E-state index in [1.54, 1.807) is 24.3 Å². The topological polar surface area (TPSA) is 46.6 Å². The van der Waals surface area contributed by atoms with Crippen LogP contribution in [0.15, 0.2) is 88.7 Å². The van der Waals surface area contributed by atoms with Gasteiger partial charge in [-0.05, 0) is 48.9 Å². The van der Waals surface area contributed by atoms with Crippen LogP contribution in [0, 0.1) is 5.82 Å². The molecule has 0 fully saturated rings. The SMILES string of the molecule is CCOc1ccccc1N1C(=O)C(Sc2ccccc2)=C(c2ccc(F)cc2)C1=O. The van der Waals surface area contributed by atoms with Crippen LogP contribution in [-0.2, 0) is 9.59 Å². The van der Waals surface area contributed by atoms with E-state index in [1.807, 2.05) is 37.3 Å². The molecule has 3 aromatic carbocycles. The van der Waals surface area contributed by atoms with Crippen LogP contribution in [0.3, 0.4) is 0 Å². The van der Waals surface area contributed by atoms with Gasteiger partial charge >= 0.3 is 0 Å². The zero-order valence-corrected chi connectivity index (χ0v) is 17.0. The predicted molar refractivity (Wildman–Crippen MR) is 116 cm³/mol. The van der Waals surface area contributed by atoms with Gasteiger partial charge < -0.3 is 4.74 Å². The molecule has 4 rings (SSSR count). The normalized spacial score (nSPS) is 13.9. The molecule has 0 N–H and O–H groups in total. The van der Waals surface area contributed by atoms with Crippen LogP contribution in [0.2, 0.25) is 0 Å². The number of halogens is 1. The first kappa shape index (κ1) is 19.9. The van der Waals surface area contributed by atoms with E-state index in [0.29, 0.717) is 28.5 Å². The van der Waals surface area contributed by atoms with E-state index >= 15 is 0 Å². The molecule has 4 nitrogen and oxygen atoms in total. The number of imide groups is 1. The zero-order chi connectivity index (χ0) is 21.1. The van der Waals surface area contributed by atoms with Crippen molar-refractivity contribution in [1.82, 2.24) is 0 Å². The van der Waals surface area contributed by atoms with Crippen molar-refractivity contribution < 1.29 is 18.7 Å². The molecule has 0 aliphatic carbocycles. The van der Waals surface area contributed by atoms with Gasteiger partial charge in [0.1, 0.15) is 11.6 Å². The zero-order valence-electron chi connectivity index (χ0n) is 16.2. The van der Waals surface area contributed by atoms with Crippen molar-refractivity contribution in [2.75, 3.05) is 11.5 Å². The molecule has 3 aromatic rings. The summed E-state index contributed by atoms with van der Waals surface area (Å²) in [5, 5.41) is 0. The van der Waals surface area contributed by atoms with Crippen molar-refractivity contribution in [1.29, 1.82) is 0 Å². The third kappa shape index (κ3) is 3.74. The molecular weight excluding hydrogens is 401 g/mol. The number of ether oxygens (including phenoxy) is 1. The van der Waals surface area contributed by atoms with Crippen molar-refractivity contribution in [2.24, 2.45) is 0 Å². The van der Waals surface area contributed by atoms with Crippen molar-refractivity contribution in [3.8, 4) is 5.75 Å². The first-order valence-corrected chi connectivity index (χ1v) is 10.3.